The molecule has 1 N–H and O–H groups in total. The summed E-state index contributed by atoms with van der Waals surface area (Å²) in [7, 11) is 0. The van der Waals surface area contributed by atoms with Crippen molar-refractivity contribution in [3.05, 3.63) is 59.7 Å². The van der Waals surface area contributed by atoms with E-state index in [9.17, 15) is 18.4 Å². The molecule has 0 fully saturated rings. The summed E-state index contributed by atoms with van der Waals surface area (Å²) in [4.78, 5) is 27.0. The Bertz CT molecular complexity index is 844. The van der Waals surface area contributed by atoms with Crippen molar-refractivity contribution in [2.75, 3.05) is 17.2 Å². The molecule has 0 aliphatic carbocycles. The molecule has 136 valence electrons. The highest BCUT2D eigenvalue weighted by molar-refractivity contribution is 8.00. The first-order valence-electron chi connectivity index (χ1n) is 8.22. The number of amides is 2. The molecule has 2 aromatic carbocycles. The maximum absolute atomic E-state index is 13.8. The number of carbonyl (C=O) groups excluding carboxylic acids is 2. The number of benzene rings is 2. The van der Waals surface area contributed by atoms with Crippen LogP contribution in [0.15, 0.2) is 47.4 Å². The van der Waals surface area contributed by atoms with Crippen LogP contribution in [0.25, 0.3) is 0 Å². The van der Waals surface area contributed by atoms with Crippen LogP contribution in [0.3, 0.4) is 0 Å². The number of fused-ring (bicyclic) bond motifs is 1. The lowest BCUT2D eigenvalue weighted by molar-refractivity contribution is -0.121. The van der Waals surface area contributed by atoms with Crippen molar-refractivity contribution in [3.63, 3.8) is 0 Å². The Morgan fingerprint density at radius 3 is 2.81 bits per heavy atom. The Morgan fingerprint density at radius 1 is 1.27 bits per heavy atom. The van der Waals surface area contributed by atoms with Crippen molar-refractivity contribution in [2.45, 2.75) is 24.3 Å². The predicted molar refractivity (Wildman–Crippen MR) is 97.1 cm³/mol. The van der Waals surface area contributed by atoms with Gasteiger partial charge in [-0.1, -0.05) is 18.2 Å². The van der Waals surface area contributed by atoms with Gasteiger partial charge in [0, 0.05) is 29.5 Å². The smallest absolute Gasteiger partial charge is 0.237 e. The molecule has 0 saturated heterocycles. The van der Waals surface area contributed by atoms with Gasteiger partial charge in [0.05, 0.1) is 17.5 Å². The first-order chi connectivity index (χ1) is 12.5. The van der Waals surface area contributed by atoms with Crippen molar-refractivity contribution < 1.29 is 18.4 Å². The van der Waals surface area contributed by atoms with Gasteiger partial charge >= 0.3 is 0 Å². The molecule has 0 unspecified atom stereocenters. The van der Waals surface area contributed by atoms with Crippen LogP contribution in [0.1, 0.15) is 24.9 Å². The number of nitrogens with one attached hydrogen (secondary N) is 1. The van der Waals surface area contributed by atoms with Gasteiger partial charge in [-0.15, -0.1) is 11.8 Å². The molecular weight excluding hydrogens is 358 g/mol. The fourth-order valence-corrected chi connectivity index (χ4v) is 3.79. The summed E-state index contributed by atoms with van der Waals surface area (Å²) in [6.07, 6.45) is 0.0951. The quantitative estimate of drug-likeness (QED) is 0.866. The lowest BCUT2D eigenvalue weighted by atomic mass is 10.1. The molecule has 4 nitrogen and oxygen atoms in total. The largest absolute Gasteiger partial charge is 0.349 e. The third-order valence-electron chi connectivity index (χ3n) is 4.18. The molecule has 0 aromatic heterocycles. The van der Waals surface area contributed by atoms with E-state index in [0.717, 1.165) is 22.7 Å². The van der Waals surface area contributed by atoms with E-state index in [1.54, 1.807) is 11.8 Å². The van der Waals surface area contributed by atoms with Crippen LogP contribution in [-0.4, -0.2) is 24.1 Å². The van der Waals surface area contributed by atoms with E-state index >= 15 is 0 Å². The van der Waals surface area contributed by atoms with Gasteiger partial charge in [-0.2, -0.15) is 0 Å². The standard InChI is InChI=1S/C19H18F2N2O2S/c1-12(14-7-6-13(20)10-15(14)21)22-18(24)8-9-23-16-4-2-3-5-17(16)26-11-19(23)25/h2-7,10,12H,8-9,11H2,1H3,(H,22,24)/t12-/m0/s1. The molecule has 0 spiro atoms. The van der Waals surface area contributed by atoms with Crippen LogP contribution in [0.5, 0.6) is 0 Å². The van der Waals surface area contributed by atoms with E-state index < -0.39 is 17.7 Å². The number of hydrogen-bond donors (Lipinski definition) is 1. The second kappa shape index (κ2) is 7.86. The van der Waals surface area contributed by atoms with E-state index in [4.69, 9.17) is 0 Å². The van der Waals surface area contributed by atoms with Gasteiger partial charge in [0.25, 0.3) is 0 Å². The zero-order valence-electron chi connectivity index (χ0n) is 14.2. The first-order valence-corrected chi connectivity index (χ1v) is 9.21. The van der Waals surface area contributed by atoms with Crippen molar-refractivity contribution in [1.82, 2.24) is 5.32 Å². The molecule has 1 aliphatic rings. The van der Waals surface area contributed by atoms with Gasteiger partial charge in [-0.05, 0) is 25.1 Å². The van der Waals surface area contributed by atoms with Crippen LogP contribution in [0.2, 0.25) is 0 Å². The van der Waals surface area contributed by atoms with Crippen LogP contribution in [0.4, 0.5) is 14.5 Å². The van der Waals surface area contributed by atoms with E-state index in [1.165, 1.54) is 17.8 Å². The highest BCUT2D eigenvalue weighted by atomic mass is 32.2. The Labute approximate surface area is 154 Å². The van der Waals surface area contributed by atoms with E-state index in [2.05, 4.69) is 5.32 Å². The molecule has 1 aliphatic heterocycles. The Morgan fingerprint density at radius 2 is 2.04 bits per heavy atom. The summed E-state index contributed by atoms with van der Waals surface area (Å²) in [5, 5.41) is 2.69. The lowest BCUT2D eigenvalue weighted by Gasteiger charge is -2.28. The number of rotatable bonds is 5. The molecular formula is C19H18F2N2O2S. The van der Waals surface area contributed by atoms with Crippen molar-refractivity contribution in [2.24, 2.45) is 0 Å². The summed E-state index contributed by atoms with van der Waals surface area (Å²) < 4.78 is 26.8. The molecule has 0 saturated carbocycles. The molecule has 0 radical (unpaired) electrons. The van der Waals surface area contributed by atoms with E-state index in [0.29, 0.717) is 5.75 Å². The predicted octanol–water partition coefficient (Wildman–Crippen LogP) is 3.67. The van der Waals surface area contributed by atoms with E-state index in [-0.39, 0.29) is 30.3 Å². The van der Waals surface area contributed by atoms with Crippen LogP contribution >= 0.6 is 11.8 Å². The van der Waals surface area contributed by atoms with Crippen LogP contribution < -0.4 is 10.2 Å². The van der Waals surface area contributed by atoms with Gasteiger partial charge in [0.15, 0.2) is 0 Å². The van der Waals surface area contributed by atoms with Gasteiger partial charge in [0.2, 0.25) is 11.8 Å². The topological polar surface area (TPSA) is 49.4 Å². The monoisotopic (exact) mass is 376 g/mol. The number of halogens is 2. The number of hydrogen-bond acceptors (Lipinski definition) is 3. The van der Waals surface area contributed by atoms with Crippen molar-refractivity contribution in [3.8, 4) is 0 Å². The van der Waals surface area contributed by atoms with Gasteiger partial charge in [0.1, 0.15) is 11.6 Å². The molecule has 0 bridgehead atoms. The first kappa shape index (κ1) is 18.4. The minimum Gasteiger partial charge on any atom is -0.349 e. The van der Waals surface area contributed by atoms with Crippen molar-refractivity contribution in [1.29, 1.82) is 0 Å². The Balaban J connectivity index is 1.61. The van der Waals surface area contributed by atoms with Gasteiger partial charge in [-0.3, -0.25) is 9.59 Å². The maximum Gasteiger partial charge on any atom is 0.237 e. The van der Waals surface area contributed by atoms with E-state index in [1.807, 2.05) is 24.3 Å². The number of anilines is 1. The van der Waals surface area contributed by atoms with Gasteiger partial charge < -0.3 is 10.2 Å². The van der Waals surface area contributed by atoms with Crippen LogP contribution in [-0.2, 0) is 9.59 Å². The summed E-state index contributed by atoms with van der Waals surface area (Å²) in [5.74, 6) is -1.36. The highest BCUT2D eigenvalue weighted by Crippen LogP contribution is 2.34. The molecule has 26 heavy (non-hydrogen) atoms. The average Bonchev–Trinajstić information content (AvgIpc) is 2.60. The zero-order chi connectivity index (χ0) is 18.7. The highest BCUT2D eigenvalue weighted by Gasteiger charge is 2.25. The Kier molecular flexibility index (Phi) is 5.56. The third-order valence-corrected chi connectivity index (χ3v) is 5.22. The molecule has 1 heterocycles. The average molecular weight is 376 g/mol. The molecule has 7 heteroatoms. The second-order valence-electron chi connectivity index (χ2n) is 6.01. The normalized spacial score (nSPS) is 14.7. The second-order valence-corrected chi connectivity index (χ2v) is 7.02. The summed E-state index contributed by atoms with van der Waals surface area (Å²) >= 11 is 1.48. The van der Waals surface area contributed by atoms with Crippen molar-refractivity contribution >= 4 is 29.3 Å². The van der Waals surface area contributed by atoms with Crippen LogP contribution in [0, 0.1) is 11.6 Å². The zero-order valence-corrected chi connectivity index (χ0v) is 15.0. The molecule has 2 aromatic rings. The van der Waals surface area contributed by atoms with Gasteiger partial charge in [-0.25, -0.2) is 8.78 Å². The molecule has 1 atom stereocenters. The molecule has 3 rings (SSSR count). The minimum atomic E-state index is -0.699. The Hall–Kier alpha value is -2.41. The number of thioether (sulfide) groups is 1. The SMILES string of the molecule is C[C@H](NC(=O)CCN1C(=O)CSc2ccccc21)c1ccc(F)cc1F. The minimum absolute atomic E-state index is 0.0425. The summed E-state index contributed by atoms with van der Waals surface area (Å²) in [6, 6.07) is 10.2. The number of nitrogens with zero attached hydrogens (tertiary/aromatic N) is 1. The maximum atomic E-state index is 13.8. The fraction of sp³-hybridized carbons (Fsp3) is 0.263. The summed E-state index contributed by atoms with van der Waals surface area (Å²) in [6.45, 7) is 1.88. The molecule has 2 amide bonds. The number of para-hydroxylation sites is 1. The summed E-state index contributed by atoms with van der Waals surface area (Å²) in [5.41, 5.74) is 1.02. The fourth-order valence-electron chi connectivity index (χ4n) is 2.86. The lowest BCUT2D eigenvalue weighted by Crippen LogP contribution is -2.38. The number of carbonyl (C=O) groups is 2. The third kappa shape index (κ3) is 4.04.